The Morgan fingerprint density at radius 1 is 1.11 bits per heavy atom. The number of fused-ring (bicyclic) bond motifs is 1. The number of aromatic nitrogens is 1. The van der Waals surface area contributed by atoms with Gasteiger partial charge in [-0.2, -0.15) is 0 Å². The number of nitrogens with zero attached hydrogens (tertiary/aromatic N) is 1. The summed E-state index contributed by atoms with van der Waals surface area (Å²) in [5, 5.41) is 5.97. The number of hydrogen-bond acceptors (Lipinski definition) is 3. The number of benzene rings is 1. The fourth-order valence-corrected chi connectivity index (χ4v) is 2.89. The van der Waals surface area contributed by atoms with E-state index in [9.17, 15) is 0 Å². The Morgan fingerprint density at radius 2 is 1.89 bits per heavy atom. The summed E-state index contributed by atoms with van der Waals surface area (Å²) in [6.07, 6.45) is 6.67. The molecule has 100 valence electrons. The summed E-state index contributed by atoms with van der Waals surface area (Å²) >= 11 is 0. The second-order valence-electron chi connectivity index (χ2n) is 5.54. The Hall–Kier alpha value is -1.61. The first-order valence-electron chi connectivity index (χ1n) is 7.16. The van der Waals surface area contributed by atoms with Gasteiger partial charge in [-0.05, 0) is 43.1 Å². The Labute approximate surface area is 114 Å². The van der Waals surface area contributed by atoms with Crippen LogP contribution in [-0.4, -0.2) is 17.6 Å². The van der Waals surface area contributed by atoms with Crippen LogP contribution in [-0.2, 0) is 0 Å². The average molecular weight is 255 g/mol. The largest absolute Gasteiger partial charge is 0.369 e. The molecular weight excluding hydrogens is 234 g/mol. The van der Waals surface area contributed by atoms with Crippen LogP contribution in [0.2, 0.25) is 0 Å². The zero-order chi connectivity index (χ0) is 13.1. The van der Waals surface area contributed by atoms with E-state index in [-0.39, 0.29) is 0 Å². The number of anilines is 1. The summed E-state index contributed by atoms with van der Waals surface area (Å²) in [4.78, 5) is 4.47. The zero-order valence-corrected chi connectivity index (χ0v) is 11.2. The van der Waals surface area contributed by atoms with Gasteiger partial charge in [0.15, 0.2) is 0 Å². The predicted octanol–water partition coefficient (Wildman–Crippen LogP) is 3.16. The summed E-state index contributed by atoms with van der Waals surface area (Å²) in [6, 6.07) is 10.9. The highest BCUT2D eigenvalue weighted by atomic mass is 15.0. The molecule has 0 aliphatic heterocycles. The first kappa shape index (κ1) is 12.4. The van der Waals surface area contributed by atoms with E-state index in [0.717, 1.165) is 31.1 Å². The fraction of sp³-hybridized carbons (Fsp3) is 0.438. The van der Waals surface area contributed by atoms with E-state index < -0.39 is 0 Å². The van der Waals surface area contributed by atoms with Crippen LogP contribution in [0, 0.1) is 5.92 Å². The quantitative estimate of drug-likeness (QED) is 0.885. The normalized spacial score (nSPS) is 23.4. The minimum Gasteiger partial charge on any atom is -0.369 e. The van der Waals surface area contributed by atoms with Gasteiger partial charge in [-0.1, -0.05) is 24.3 Å². The smallest absolute Gasteiger partial charge is 0.133 e. The SMILES string of the molecule is NC1CCC(CNc2nccc3ccccc23)CC1. The molecule has 1 aliphatic rings. The van der Waals surface area contributed by atoms with Gasteiger partial charge in [0.25, 0.3) is 0 Å². The molecule has 3 nitrogen and oxygen atoms in total. The first-order chi connectivity index (χ1) is 9.33. The van der Waals surface area contributed by atoms with E-state index in [1.54, 1.807) is 0 Å². The first-order valence-corrected chi connectivity index (χ1v) is 7.16. The molecule has 1 saturated carbocycles. The molecule has 3 N–H and O–H groups in total. The van der Waals surface area contributed by atoms with Crippen molar-refractivity contribution in [3.8, 4) is 0 Å². The van der Waals surface area contributed by atoms with Crippen molar-refractivity contribution in [2.45, 2.75) is 31.7 Å². The van der Waals surface area contributed by atoms with Gasteiger partial charge in [0.1, 0.15) is 5.82 Å². The third-order valence-corrected chi connectivity index (χ3v) is 4.12. The Bertz CT molecular complexity index is 539. The fourth-order valence-electron chi connectivity index (χ4n) is 2.89. The summed E-state index contributed by atoms with van der Waals surface area (Å²) in [5.74, 6) is 1.74. The van der Waals surface area contributed by atoms with Crippen molar-refractivity contribution in [1.82, 2.24) is 4.98 Å². The molecule has 1 aromatic heterocycles. The highest BCUT2D eigenvalue weighted by Gasteiger charge is 2.18. The molecule has 2 aromatic rings. The highest BCUT2D eigenvalue weighted by Crippen LogP contribution is 2.25. The lowest BCUT2D eigenvalue weighted by Gasteiger charge is -2.26. The molecule has 1 heterocycles. The van der Waals surface area contributed by atoms with Crippen molar-refractivity contribution < 1.29 is 0 Å². The zero-order valence-electron chi connectivity index (χ0n) is 11.2. The van der Waals surface area contributed by atoms with Gasteiger partial charge >= 0.3 is 0 Å². The maximum absolute atomic E-state index is 5.95. The molecule has 1 aliphatic carbocycles. The van der Waals surface area contributed by atoms with Gasteiger partial charge in [0.05, 0.1) is 0 Å². The van der Waals surface area contributed by atoms with Crippen LogP contribution in [0.25, 0.3) is 10.8 Å². The van der Waals surface area contributed by atoms with Crippen molar-refractivity contribution >= 4 is 16.6 Å². The van der Waals surface area contributed by atoms with E-state index in [4.69, 9.17) is 5.73 Å². The van der Waals surface area contributed by atoms with E-state index >= 15 is 0 Å². The van der Waals surface area contributed by atoms with Crippen LogP contribution in [0.3, 0.4) is 0 Å². The molecule has 1 aromatic carbocycles. The Morgan fingerprint density at radius 3 is 2.74 bits per heavy atom. The molecule has 0 spiro atoms. The number of rotatable bonds is 3. The lowest BCUT2D eigenvalue weighted by molar-refractivity contribution is 0.338. The highest BCUT2D eigenvalue weighted by molar-refractivity contribution is 5.91. The maximum Gasteiger partial charge on any atom is 0.133 e. The summed E-state index contributed by atoms with van der Waals surface area (Å²) < 4.78 is 0. The maximum atomic E-state index is 5.95. The Balaban J connectivity index is 1.68. The molecular formula is C16H21N3. The Kier molecular flexibility index (Phi) is 3.65. The van der Waals surface area contributed by atoms with Crippen LogP contribution in [0.15, 0.2) is 36.5 Å². The monoisotopic (exact) mass is 255 g/mol. The van der Waals surface area contributed by atoms with Gasteiger partial charge in [0.2, 0.25) is 0 Å². The van der Waals surface area contributed by atoms with Crippen molar-refractivity contribution in [3.63, 3.8) is 0 Å². The van der Waals surface area contributed by atoms with Crippen LogP contribution < -0.4 is 11.1 Å². The minimum absolute atomic E-state index is 0.423. The molecule has 0 radical (unpaired) electrons. The van der Waals surface area contributed by atoms with Gasteiger partial charge in [-0.25, -0.2) is 4.98 Å². The molecule has 0 saturated heterocycles. The third kappa shape index (κ3) is 2.87. The van der Waals surface area contributed by atoms with E-state index in [1.165, 1.54) is 23.6 Å². The van der Waals surface area contributed by atoms with E-state index in [1.807, 2.05) is 6.20 Å². The molecule has 19 heavy (non-hydrogen) atoms. The van der Waals surface area contributed by atoms with Gasteiger partial charge < -0.3 is 11.1 Å². The molecule has 0 amide bonds. The summed E-state index contributed by atoms with van der Waals surface area (Å²) in [5.41, 5.74) is 5.95. The average Bonchev–Trinajstić information content (AvgIpc) is 2.47. The summed E-state index contributed by atoms with van der Waals surface area (Å²) in [6.45, 7) is 1.01. The second kappa shape index (κ2) is 5.57. The summed E-state index contributed by atoms with van der Waals surface area (Å²) in [7, 11) is 0. The standard InChI is InChI=1S/C16H21N3/c17-14-7-5-12(6-8-14)11-19-16-15-4-2-1-3-13(15)9-10-18-16/h1-4,9-10,12,14H,5-8,11,17H2,(H,18,19). The number of nitrogens with two attached hydrogens (primary N) is 1. The topological polar surface area (TPSA) is 50.9 Å². The third-order valence-electron chi connectivity index (χ3n) is 4.12. The lowest BCUT2D eigenvalue weighted by Crippen LogP contribution is -2.29. The molecule has 0 bridgehead atoms. The molecule has 3 heteroatoms. The number of hydrogen-bond donors (Lipinski definition) is 2. The van der Waals surface area contributed by atoms with E-state index in [2.05, 4.69) is 40.6 Å². The number of nitrogens with one attached hydrogen (secondary N) is 1. The minimum atomic E-state index is 0.423. The van der Waals surface area contributed by atoms with E-state index in [0.29, 0.717) is 6.04 Å². The molecule has 0 unspecified atom stereocenters. The lowest BCUT2D eigenvalue weighted by atomic mass is 9.86. The van der Waals surface area contributed by atoms with Crippen LogP contribution in [0.4, 0.5) is 5.82 Å². The van der Waals surface area contributed by atoms with Crippen molar-refractivity contribution in [2.24, 2.45) is 11.7 Å². The van der Waals surface area contributed by atoms with Gasteiger partial charge in [-0.15, -0.1) is 0 Å². The molecule has 3 rings (SSSR count). The number of pyridine rings is 1. The second-order valence-corrected chi connectivity index (χ2v) is 5.54. The molecule has 1 fully saturated rings. The van der Waals surface area contributed by atoms with Crippen LogP contribution in [0.5, 0.6) is 0 Å². The van der Waals surface area contributed by atoms with Gasteiger partial charge in [-0.3, -0.25) is 0 Å². The van der Waals surface area contributed by atoms with Crippen LogP contribution in [0.1, 0.15) is 25.7 Å². The predicted molar refractivity (Wildman–Crippen MR) is 80.2 cm³/mol. The van der Waals surface area contributed by atoms with Gasteiger partial charge in [0, 0.05) is 24.2 Å². The van der Waals surface area contributed by atoms with Crippen molar-refractivity contribution in [2.75, 3.05) is 11.9 Å². The van der Waals surface area contributed by atoms with Crippen molar-refractivity contribution in [3.05, 3.63) is 36.5 Å². The van der Waals surface area contributed by atoms with Crippen LogP contribution >= 0.6 is 0 Å². The van der Waals surface area contributed by atoms with Crippen molar-refractivity contribution in [1.29, 1.82) is 0 Å². The molecule has 0 atom stereocenters.